The Morgan fingerprint density at radius 3 is 2.75 bits per heavy atom. The number of halogens is 2. The Kier molecular flexibility index (Phi) is 2.87. The van der Waals surface area contributed by atoms with E-state index >= 15 is 0 Å². The molecular weight excluding hydrogens is 214 g/mol. The van der Waals surface area contributed by atoms with Crippen LogP contribution in [0.25, 0.3) is 0 Å². The number of hydrogen-bond donors (Lipinski definition) is 2. The molecule has 0 aliphatic carbocycles. The maximum Gasteiger partial charge on any atom is 0.246 e. The van der Waals surface area contributed by atoms with Gasteiger partial charge in [0.1, 0.15) is 6.04 Å². The van der Waals surface area contributed by atoms with E-state index in [0.717, 1.165) is 18.6 Å². The Bertz CT molecular complexity index is 434. The quantitative estimate of drug-likeness (QED) is 0.827. The van der Waals surface area contributed by atoms with Crippen LogP contribution in [0.15, 0.2) is 12.1 Å². The van der Waals surface area contributed by atoms with Gasteiger partial charge in [-0.15, -0.1) is 0 Å². The SMILES string of the molecule is CCCNC1C(=O)Nc2cc(F)c(F)cc21. The van der Waals surface area contributed by atoms with Crippen LogP contribution in [0.5, 0.6) is 0 Å². The molecule has 5 heteroatoms. The van der Waals surface area contributed by atoms with E-state index in [1.165, 1.54) is 0 Å². The Morgan fingerprint density at radius 2 is 2.06 bits per heavy atom. The average Bonchev–Trinajstić information content (AvgIpc) is 2.52. The molecule has 0 spiro atoms. The van der Waals surface area contributed by atoms with Crippen LogP contribution in [0.4, 0.5) is 14.5 Å². The number of carbonyl (C=O) groups excluding carboxylic acids is 1. The Hall–Kier alpha value is -1.49. The lowest BCUT2D eigenvalue weighted by molar-refractivity contribution is -0.117. The first-order chi connectivity index (χ1) is 7.63. The first-order valence-corrected chi connectivity index (χ1v) is 5.16. The van der Waals surface area contributed by atoms with Crippen LogP contribution >= 0.6 is 0 Å². The van der Waals surface area contributed by atoms with Crippen molar-refractivity contribution in [1.29, 1.82) is 0 Å². The standard InChI is InChI=1S/C11H12F2N2O/c1-2-3-14-10-6-4-7(12)8(13)5-9(6)15-11(10)16/h4-5,10,14H,2-3H2,1H3,(H,15,16). The van der Waals surface area contributed by atoms with Gasteiger partial charge in [-0.1, -0.05) is 6.92 Å². The number of amides is 1. The summed E-state index contributed by atoms with van der Waals surface area (Å²) in [5.74, 6) is -2.15. The predicted molar refractivity (Wildman–Crippen MR) is 56.0 cm³/mol. The fraction of sp³-hybridized carbons (Fsp3) is 0.364. The van der Waals surface area contributed by atoms with Gasteiger partial charge in [-0.05, 0) is 19.0 Å². The topological polar surface area (TPSA) is 41.1 Å². The molecule has 1 atom stereocenters. The lowest BCUT2D eigenvalue weighted by Gasteiger charge is -2.10. The first-order valence-electron chi connectivity index (χ1n) is 5.16. The van der Waals surface area contributed by atoms with Crippen LogP contribution in [0, 0.1) is 11.6 Å². The molecule has 1 aliphatic rings. The van der Waals surface area contributed by atoms with E-state index in [2.05, 4.69) is 10.6 Å². The molecule has 1 heterocycles. The molecule has 0 bridgehead atoms. The highest BCUT2D eigenvalue weighted by Crippen LogP contribution is 2.32. The van der Waals surface area contributed by atoms with Crippen molar-refractivity contribution in [2.45, 2.75) is 19.4 Å². The number of hydrogen-bond acceptors (Lipinski definition) is 2. The number of fused-ring (bicyclic) bond motifs is 1. The second kappa shape index (κ2) is 4.17. The molecule has 1 unspecified atom stereocenters. The molecule has 2 N–H and O–H groups in total. The van der Waals surface area contributed by atoms with Gasteiger partial charge >= 0.3 is 0 Å². The molecule has 0 radical (unpaired) electrons. The molecule has 0 saturated heterocycles. The molecule has 0 aromatic heterocycles. The second-order valence-corrected chi connectivity index (χ2v) is 3.73. The van der Waals surface area contributed by atoms with E-state index in [0.29, 0.717) is 17.8 Å². The van der Waals surface area contributed by atoms with Gasteiger partial charge in [-0.25, -0.2) is 8.78 Å². The van der Waals surface area contributed by atoms with Gasteiger partial charge in [0.25, 0.3) is 0 Å². The Labute approximate surface area is 91.8 Å². The molecule has 16 heavy (non-hydrogen) atoms. The van der Waals surface area contributed by atoms with Crippen LogP contribution in [-0.2, 0) is 4.79 Å². The van der Waals surface area contributed by atoms with Gasteiger partial charge in [0.15, 0.2) is 11.6 Å². The zero-order valence-electron chi connectivity index (χ0n) is 8.81. The molecule has 0 fully saturated rings. The minimum atomic E-state index is -0.949. The zero-order chi connectivity index (χ0) is 11.7. The summed E-state index contributed by atoms with van der Waals surface area (Å²) < 4.78 is 26.0. The summed E-state index contributed by atoms with van der Waals surface area (Å²) in [5, 5.41) is 5.50. The largest absolute Gasteiger partial charge is 0.324 e. The van der Waals surface area contributed by atoms with Crippen molar-refractivity contribution in [2.75, 3.05) is 11.9 Å². The van der Waals surface area contributed by atoms with Gasteiger partial charge < -0.3 is 10.6 Å². The van der Waals surface area contributed by atoms with Crippen LogP contribution < -0.4 is 10.6 Å². The minimum absolute atomic E-state index is 0.270. The molecule has 1 aliphatic heterocycles. The molecule has 86 valence electrons. The summed E-state index contributed by atoms with van der Waals surface area (Å²) in [6.07, 6.45) is 0.864. The van der Waals surface area contributed by atoms with E-state index in [-0.39, 0.29) is 5.91 Å². The third-order valence-electron chi connectivity index (χ3n) is 2.52. The number of rotatable bonds is 3. The van der Waals surface area contributed by atoms with E-state index in [4.69, 9.17) is 0 Å². The summed E-state index contributed by atoms with van der Waals surface area (Å²) >= 11 is 0. The summed E-state index contributed by atoms with van der Waals surface area (Å²) in [5.41, 5.74) is 0.815. The molecule has 1 aromatic carbocycles. The second-order valence-electron chi connectivity index (χ2n) is 3.73. The molecule has 2 rings (SSSR count). The summed E-state index contributed by atoms with van der Waals surface area (Å²) in [4.78, 5) is 11.5. The maximum atomic E-state index is 13.1. The third-order valence-corrected chi connectivity index (χ3v) is 2.52. The third kappa shape index (κ3) is 1.78. The molecule has 1 aromatic rings. The van der Waals surface area contributed by atoms with Crippen LogP contribution in [0.1, 0.15) is 24.9 Å². The number of carbonyl (C=O) groups is 1. The number of anilines is 1. The van der Waals surface area contributed by atoms with E-state index in [9.17, 15) is 13.6 Å². The molecule has 0 saturated carbocycles. The van der Waals surface area contributed by atoms with Crippen molar-refractivity contribution in [3.8, 4) is 0 Å². The molecular formula is C11H12F2N2O. The average molecular weight is 226 g/mol. The van der Waals surface area contributed by atoms with Gasteiger partial charge in [0.05, 0.1) is 0 Å². The Morgan fingerprint density at radius 1 is 1.38 bits per heavy atom. The van der Waals surface area contributed by atoms with Gasteiger partial charge in [0, 0.05) is 17.3 Å². The van der Waals surface area contributed by atoms with Crippen molar-refractivity contribution < 1.29 is 13.6 Å². The highest BCUT2D eigenvalue weighted by atomic mass is 19.2. The lowest BCUT2D eigenvalue weighted by atomic mass is 10.1. The Balaban J connectivity index is 2.33. The maximum absolute atomic E-state index is 13.1. The molecule has 1 amide bonds. The van der Waals surface area contributed by atoms with Crippen molar-refractivity contribution in [2.24, 2.45) is 0 Å². The van der Waals surface area contributed by atoms with Crippen molar-refractivity contribution in [3.05, 3.63) is 29.3 Å². The highest BCUT2D eigenvalue weighted by molar-refractivity contribution is 6.02. The van der Waals surface area contributed by atoms with E-state index in [1.54, 1.807) is 0 Å². The fourth-order valence-electron chi connectivity index (χ4n) is 1.75. The van der Waals surface area contributed by atoms with Gasteiger partial charge in [0.2, 0.25) is 5.91 Å². The summed E-state index contributed by atoms with van der Waals surface area (Å²) in [7, 11) is 0. The molecule has 3 nitrogen and oxygen atoms in total. The minimum Gasteiger partial charge on any atom is -0.324 e. The van der Waals surface area contributed by atoms with Crippen molar-refractivity contribution in [1.82, 2.24) is 5.32 Å². The zero-order valence-corrected chi connectivity index (χ0v) is 8.81. The normalized spacial score (nSPS) is 18.4. The van der Waals surface area contributed by atoms with Crippen molar-refractivity contribution >= 4 is 11.6 Å². The number of nitrogens with one attached hydrogen (secondary N) is 2. The van der Waals surface area contributed by atoms with Gasteiger partial charge in [-0.2, -0.15) is 0 Å². The van der Waals surface area contributed by atoms with Crippen LogP contribution in [0.3, 0.4) is 0 Å². The van der Waals surface area contributed by atoms with E-state index in [1.807, 2.05) is 6.92 Å². The first kappa shape index (κ1) is 11.0. The van der Waals surface area contributed by atoms with E-state index < -0.39 is 17.7 Å². The lowest BCUT2D eigenvalue weighted by Crippen LogP contribution is -2.28. The summed E-state index contributed by atoms with van der Waals surface area (Å²) in [6.45, 7) is 2.61. The van der Waals surface area contributed by atoms with Crippen LogP contribution in [-0.4, -0.2) is 12.5 Å². The number of benzene rings is 1. The smallest absolute Gasteiger partial charge is 0.246 e. The van der Waals surface area contributed by atoms with Gasteiger partial charge in [-0.3, -0.25) is 4.79 Å². The predicted octanol–water partition coefficient (Wildman–Crippen LogP) is 1.96. The fourth-order valence-corrected chi connectivity index (χ4v) is 1.75. The monoisotopic (exact) mass is 226 g/mol. The highest BCUT2D eigenvalue weighted by Gasteiger charge is 2.31. The van der Waals surface area contributed by atoms with Crippen LogP contribution in [0.2, 0.25) is 0 Å². The van der Waals surface area contributed by atoms with Crippen molar-refractivity contribution in [3.63, 3.8) is 0 Å². The summed E-state index contributed by atoms with van der Waals surface area (Å²) in [6, 6.07) is 1.50.